The maximum Gasteiger partial charge on any atom is 0.238 e. The number of rotatable bonds is 2. The molecule has 6 heteroatoms. The molecule has 1 aromatic rings. The van der Waals surface area contributed by atoms with Crippen LogP contribution in [0, 0.1) is 0 Å². The van der Waals surface area contributed by atoms with Gasteiger partial charge in [0.15, 0.2) is 6.29 Å². The number of hydrogen-bond donors (Lipinski definition) is 1. The first-order valence-electron chi connectivity index (χ1n) is 3.22. The Morgan fingerprint density at radius 3 is 2.46 bits per heavy atom. The first kappa shape index (κ1) is 10.2. The van der Waals surface area contributed by atoms with Crippen LogP contribution in [-0.2, 0) is 10.0 Å². The average Bonchev–Trinajstić information content (AvgIpc) is 2.03. The molecule has 2 N–H and O–H groups in total. The minimum atomic E-state index is -3.77. The predicted octanol–water partition coefficient (Wildman–Crippen LogP) is 0.800. The molecule has 70 valence electrons. The van der Waals surface area contributed by atoms with Gasteiger partial charge in [-0.3, -0.25) is 4.79 Å². The second kappa shape index (κ2) is 3.45. The lowest BCUT2D eigenvalue weighted by atomic mass is 10.2. The van der Waals surface area contributed by atoms with Crippen LogP contribution in [0.1, 0.15) is 10.4 Å². The van der Waals surface area contributed by atoms with Gasteiger partial charge in [0.2, 0.25) is 10.0 Å². The van der Waals surface area contributed by atoms with Crippen molar-refractivity contribution in [3.63, 3.8) is 0 Å². The minimum absolute atomic E-state index is 0.105. The van der Waals surface area contributed by atoms with E-state index in [2.05, 4.69) is 0 Å². The van der Waals surface area contributed by atoms with Crippen LogP contribution in [-0.4, -0.2) is 14.7 Å². The SMILES string of the molecule is NS(=O)(=O)c1ccc(Cl)c(C=O)c1. The van der Waals surface area contributed by atoms with Crippen molar-refractivity contribution in [1.29, 1.82) is 0 Å². The van der Waals surface area contributed by atoms with E-state index in [9.17, 15) is 13.2 Å². The monoisotopic (exact) mass is 219 g/mol. The van der Waals surface area contributed by atoms with Gasteiger partial charge in [-0.15, -0.1) is 0 Å². The molecule has 0 radical (unpaired) electrons. The molecule has 0 bridgehead atoms. The van der Waals surface area contributed by atoms with E-state index in [1.165, 1.54) is 12.1 Å². The maximum absolute atomic E-state index is 10.8. The molecule has 0 aromatic heterocycles. The normalized spacial score (nSPS) is 11.2. The van der Waals surface area contributed by atoms with Gasteiger partial charge in [-0.25, -0.2) is 13.6 Å². The van der Waals surface area contributed by atoms with Crippen LogP contribution in [0.4, 0.5) is 0 Å². The third-order valence-corrected chi connectivity index (χ3v) is 2.68. The van der Waals surface area contributed by atoms with Crippen LogP contribution >= 0.6 is 11.6 Å². The highest BCUT2D eigenvalue weighted by Gasteiger charge is 2.09. The van der Waals surface area contributed by atoms with Gasteiger partial charge in [-0.05, 0) is 18.2 Å². The van der Waals surface area contributed by atoms with Crippen molar-refractivity contribution in [3.05, 3.63) is 28.8 Å². The van der Waals surface area contributed by atoms with E-state index < -0.39 is 10.0 Å². The molecule has 0 fully saturated rings. The molecule has 1 aromatic carbocycles. The van der Waals surface area contributed by atoms with Crippen molar-refractivity contribution in [2.24, 2.45) is 5.14 Å². The van der Waals surface area contributed by atoms with Crippen molar-refractivity contribution in [1.82, 2.24) is 0 Å². The quantitative estimate of drug-likeness (QED) is 0.748. The topological polar surface area (TPSA) is 77.2 Å². The maximum atomic E-state index is 10.8. The summed E-state index contributed by atoms with van der Waals surface area (Å²) in [5.74, 6) is 0. The smallest absolute Gasteiger partial charge is 0.238 e. The number of carbonyl (C=O) groups excluding carboxylic acids is 1. The lowest BCUT2D eigenvalue weighted by Gasteiger charge is -1.99. The Kier molecular flexibility index (Phi) is 2.70. The molecule has 0 spiro atoms. The van der Waals surface area contributed by atoms with Gasteiger partial charge in [0.25, 0.3) is 0 Å². The number of halogens is 1. The Labute approximate surface area is 80.4 Å². The molecule has 0 saturated carbocycles. The van der Waals surface area contributed by atoms with Crippen LogP contribution in [0.5, 0.6) is 0 Å². The average molecular weight is 220 g/mol. The lowest BCUT2D eigenvalue weighted by molar-refractivity contribution is 0.112. The predicted molar refractivity (Wildman–Crippen MR) is 48.2 cm³/mol. The van der Waals surface area contributed by atoms with Crippen LogP contribution in [0.2, 0.25) is 5.02 Å². The van der Waals surface area contributed by atoms with E-state index in [0.29, 0.717) is 6.29 Å². The standard InChI is InChI=1S/C7H6ClNO3S/c8-7-2-1-6(13(9,11)12)3-5(7)4-10/h1-4H,(H2,9,11,12). The van der Waals surface area contributed by atoms with E-state index in [4.69, 9.17) is 16.7 Å². The summed E-state index contributed by atoms with van der Waals surface area (Å²) in [5.41, 5.74) is 0.105. The molecule has 13 heavy (non-hydrogen) atoms. The molecule has 0 aliphatic carbocycles. The van der Waals surface area contributed by atoms with Crippen LogP contribution in [0.15, 0.2) is 23.1 Å². The van der Waals surface area contributed by atoms with Crippen molar-refractivity contribution < 1.29 is 13.2 Å². The molecule has 0 heterocycles. The van der Waals surface area contributed by atoms with Gasteiger partial charge in [0, 0.05) is 5.56 Å². The summed E-state index contributed by atoms with van der Waals surface area (Å²) in [7, 11) is -3.77. The fourth-order valence-electron chi connectivity index (χ4n) is 0.789. The highest BCUT2D eigenvalue weighted by atomic mass is 35.5. The summed E-state index contributed by atoms with van der Waals surface area (Å²) in [6, 6.07) is 3.68. The van der Waals surface area contributed by atoms with Crippen molar-refractivity contribution in [2.45, 2.75) is 4.90 Å². The van der Waals surface area contributed by atoms with Gasteiger partial charge in [0.05, 0.1) is 9.92 Å². The van der Waals surface area contributed by atoms with Crippen molar-refractivity contribution in [3.8, 4) is 0 Å². The Bertz CT molecular complexity index is 441. The van der Waals surface area contributed by atoms with Crippen LogP contribution < -0.4 is 5.14 Å². The van der Waals surface area contributed by atoms with E-state index in [0.717, 1.165) is 6.07 Å². The summed E-state index contributed by atoms with van der Waals surface area (Å²) >= 11 is 5.58. The molecule has 0 aliphatic heterocycles. The number of benzene rings is 1. The Hall–Kier alpha value is -0.910. The van der Waals surface area contributed by atoms with E-state index in [1.807, 2.05) is 0 Å². The zero-order valence-corrected chi connectivity index (χ0v) is 7.97. The fraction of sp³-hybridized carbons (Fsp3) is 0. The first-order valence-corrected chi connectivity index (χ1v) is 5.15. The highest BCUT2D eigenvalue weighted by Crippen LogP contribution is 2.17. The molecule has 0 saturated heterocycles. The molecule has 0 unspecified atom stereocenters. The lowest BCUT2D eigenvalue weighted by Crippen LogP contribution is -2.12. The Morgan fingerprint density at radius 2 is 2.00 bits per heavy atom. The van der Waals surface area contributed by atoms with Gasteiger partial charge in [0.1, 0.15) is 0 Å². The second-order valence-corrected chi connectivity index (χ2v) is 4.31. The van der Waals surface area contributed by atoms with Gasteiger partial charge in [-0.1, -0.05) is 11.6 Å². The van der Waals surface area contributed by atoms with E-state index in [1.54, 1.807) is 0 Å². The van der Waals surface area contributed by atoms with E-state index >= 15 is 0 Å². The number of aldehydes is 1. The number of primary sulfonamides is 1. The summed E-state index contributed by atoms with van der Waals surface area (Å²) in [5, 5.41) is 5.04. The molecule has 0 amide bonds. The first-order chi connectivity index (χ1) is 5.95. The molecular weight excluding hydrogens is 214 g/mol. The summed E-state index contributed by atoms with van der Waals surface area (Å²) in [6.07, 6.45) is 0.469. The van der Waals surface area contributed by atoms with Crippen molar-refractivity contribution in [2.75, 3.05) is 0 Å². The number of hydrogen-bond acceptors (Lipinski definition) is 3. The fourth-order valence-corrected chi connectivity index (χ4v) is 1.50. The van der Waals surface area contributed by atoms with Gasteiger partial charge in [-0.2, -0.15) is 0 Å². The molecule has 4 nitrogen and oxygen atoms in total. The Balaban J connectivity index is 3.38. The summed E-state index contributed by atoms with van der Waals surface area (Å²) < 4.78 is 21.7. The zero-order valence-electron chi connectivity index (χ0n) is 6.40. The molecule has 0 atom stereocenters. The molecule has 0 aliphatic rings. The minimum Gasteiger partial charge on any atom is -0.298 e. The summed E-state index contributed by atoms with van der Waals surface area (Å²) in [4.78, 5) is 10.3. The number of nitrogens with two attached hydrogens (primary N) is 1. The summed E-state index contributed by atoms with van der Waals surface area (Å²) in [6.45, 7) is 0. The van der Waals surface area contributed by atoms with Crippen LogP contribution in [0.25, 0.3) is 0 Å². The number of sulfonamides is 1. The molecule has 1 rings (SSSR count). The molecular formula is C7H6ClNO3S. The second-order valence-electron chi connectivity index (χ2n) is 2.35. The van der Waals surface area contributed by atoms with Crippen molar-refractivity contribution >= 4 is 27.9 Å². The zero-order chi connectivity index (χ0) is 10.1. The van der Waals surface area contributed by atoms with Crippen LogP contribution in [0.3, 0.4) is 0 Å². The third kappa shape index (κ3) is 2.27. The van der Waals surface area contributed by atoms with Gasteiger partial charge < -0.3 is 0 Å². The number of carbonyl (C=O) groups is 1. The van der Waals surface area contributed by atoms with E-state index in [-0.39, 0.29) is 15.5 Å². The van der Waals surface area contributed by atoms with Gasteiger partial charge >= 0.3 is 0 Å². The largest absolute Gasteiger partial charge is 0.298 e. The third-order valence-electron chi connectivity index (χ3n) is 1.42. The Morgan fingerprint density at radius 1 is 1.38 bits per heavy atom. The highest BCUT2D eigenvalue weighted by molar-refractivity contribution is 7.89.